The van der Waals surface area contributed by atoms with E-state index in [1.165, 1.54) is 195 Å². The molecular formula is C103H74B2N6O. The molecule has 9 heterocycles. The van der Waals surface area contributed by atoms with Gasteiger partial charge in [0.05, 0.1) is 39.5 Å². The van der Waals surface area contributed by atoms with E-state index >= 15 is 0 Å². The standard InChI is InChI=1S/C103H74B2N6O/c1-57-52-80-90-83(55-57)111-96-70-56-60(44-47-73(70)103(7,8)89(96)86-78(106(61-26-12-9-13-27-61)62-28-14-10-15-29-62)50-48-77(99(86)111)104(90)74-39-24-35-68-87-94(108(80)92(68)74)65-32-18-21-37-71(65)101(87,3)4)59-42-45-64(46-43-59)107(63-30-16-11-17-31-63)79-51-49-76-98-85(79)88-95(66-33-19-22-38-72(66)102(88,5)6)110(98)82-54-58(2)53-81-91(82)105(76)75-40-25-36-69-93(75)109(81)97-67-34-20-23-41-84(67)112-100(69)97/h9-48,50-56,76H,49H2,1-8H3. The summed E-state index contributed by atoms with van der Waals surface area (Å²) in [5.41, 5.74) is 48.8. The van der Waals surface area contributed by atoms with Gasteiger partial charge in [-0.1, -0.05) is 224 Å². The van der Waals surface area contributed by atoms with E-state index in [0.29, 0.717) is 0 Å². The molecule has 0 fully saturated rings. The number of furan rings is 1. The number of hydrogen-bond acceptors (Lipinski definition) is 3. The average Bonchev–Trinajstić information content (AvgIpc) is 1.48. The molecule has 0 amide bonds. The number of fused-ring (bicyclic) bond motifs is 28. The predicted molar refractivity (Wildman–Crippen MR) is 466 cm³/mol. The molecule has 528 valence electrons. The normalized spacial score (nSPS) is 16.1. The predicted octanol–water partition coefficient (Wildman–Crippen LogP) is 22.2. The van der Waals surface area contributed by atoms with Crippen molar-refractivity contribution in [3.8, 4) is 67.6 Å². The van der Waals surface area contributed by atoms with Gasteiger partial charge < -0.3 is 32.5 Å². The number of hydrogen-bond donors (Lipinski definition) is 0. The highest BCUT2D eigenvalue weighted by Crippen LogP contribution is 2.63. The molecule has 112 heavy (non-hydrogen) atoms. The lowest BCUT2D eigenvalue weighted by atomic mass is 9.29. The van der Waals surface area contributed by atoms with Gasteiger partial charge in [-0.3, -0.25) is 0 Å². The third-order valence-electron chi connectivity index (χ3n) is 27.9. The van der Waals surface area contributed by atoms with Crippen molar-refractivity contribution in [3.05, 3.63) is 341 Å². The number of para-hydroxylation sites is 6. The molecule has 4 aliphatic heterocycles. The van der Waals surface area contributed by atoms with Crippen LogP contribution >= 0.6 is 0 Å². The fraction of sp³-hybridized carbons (Fsp3) is 0.126. The maximum absolute atomic E-state index is 6.91. The fourth-order valence-corrected chi connectivity index (χ4v) is 23.6. The highest BCUT2D eigenvalue weighted by atomic mass is 16.3. The number of nitrogens with zero attached hydrogens (tertiary/aromatic N) is 6. The van der Waals surface area contributed by atoms with Crippen LogP contribution in [0.15, 0.2) is 290 Å². The van der Waals surface area contributed by atoms with E-state index in [1.54, 1.807) is 0 Å². The highest BCUT2D eigenvalue weighted by molar-refractivity contribution is 7.00. The molecule has 0 bridgehead atoms. The van der Waals surface area contributed by atoms with E-state index in [1.807, 2.05) is 0 Å². The summed E-state index contributed by atoms with van der Waals surface area (Å²) in [4.78, 5) is 5.11. The zero-order valence-electron chi connectivity index (χ0n) is 63.7. The van der Waals surface area contributed by atoms with Crippen molar-refractivity contribution >= 4 is 130 Å². The van der Waals surface area contributed by atoms with E-state index in [-0.39, 0.29) is 30.1 Å². The van der Waals surface area contributed by atoms with Gasteiger partial charge in [0.1, 0.15) is 11.1 Å². The quantitative estimate of drug-likeness (QED) is 0.149. The molecule has 1 atom stereocenters. The number of benzene rings is 13. The van der Waals surface area contributed by atoms with Crippen molar-refractivity contribution in [1.82, 2.24) is 18.3 Å². The van der Waals surface area contributed by atoms with Crippen LogP contribution in [0, 0.1) is 13.8 Å². The first-order valence-corrected chi connectivity index (χ1v) is 40.1. The van der Waals surface area contributed by atoms with Gasteiger partial charge in [-0.25, -0.2) is 0 Å². The Morgan fingerprint density at radius 1 is 0.384 bits per heavy atom. The lowest BCUT2D eigenvalue weighted by Crippen LogP contribution is -2.59. The second kappa shape index (κ2) is 20.9. The summed E-state index contributed by atoms with van der Waals surface area (Å²) in [7, 11) is 0. The summed E-state index contributed by atoms with van der Waals surface area (Å²) < 4.78 is 17.7. The zero-order valence-corrected chi connectivity index (χ0v) is 63.7. The lowest BCUT2D eigenvalue weighted by molar-refractivity contribution is 0.657. The van der Waals surface area contributed by atoms with Crippen LogP contribution in [-0.2, 0) is 16.2 Å². The smallest absolute Gasteiger partial charge is 0.252 e. The Morgan fingerprint density at radius 2 is 0.893 bits per heavy atom. The first-order chi connectivity index (χ1) is 54.7. The fourth-order valence-electron chi connectivity index (χ4n) is 23.6. The molecule has 0 saturated heterocycles. The van der Waals surface area contributed by atoms with Gasteiger partial charge in [-0.05, 0) is 212 Å². The monoisotopic (exact) mass is 1430 g/mol. The minimum atomic E-state index is -0.407. The third kappa shape index (κ3) is 7.35. The molecule has 0 spiro atoms. The molecular weight excluding hydrogens is 1360 g/mol. The van der Waals surface area contributed by atoms with Crippen molar-refractivity contribution in [2.24, 2.45) is 0 Å². The van der Waals surface area contributed by atoms with Crippen molar-refractivity contribution in [3.63, 3.8) is 0 Å². The van der Waals surface area contributed by atoms with Crippen molar-refractivity contribution in [1.29, 1.82) is 0 Å². The molecule has 0 radical (unpaired) electrons. The second-order valence-electron chi connectivity index (χ2n) is 34.7. The maximum atomic E-state index is 6.91. The van der Waals surface area contributed by atoms with Crippen LogP contribution in [0.2, 0.25) is 0 Å². The van der Waals surface area contributed by atoms with Crippen LogP contribution in [0.1, 0.15) is 110 Å². The topological polar surface area (TPSA) is 39.3 Å². The summed E-state index contributed by atoms with van der Waals surface area (Å²) in [6, 6.07) is 107. The molecule has 1 unspecified atom stereocenters. The zero-order chi connectivity index (χ0) is 74.2. The van der Waals surface area contributed by atoms with Crippen LogP contribution in [0.4, 0.5) is 28.4 Å². The summed E-state index contributed by atoms with van der Waals surface area (Å²) in [5.74, 6) is 0.146. The Morgan fingerprint density at radius 3 is 1.58 bits per heavy atom. The summed E-state index contributed by atoms with van der Waals surface area (Å²) in [6.07, 6.45) is 3.49. The van der Waals surface area contributed by atoms with Gasteiger partial charge in [0.25, 0.3) is 6.71 Å². The molecule has 13 aromatic carbocycles. The molecule has 7 nitrogen and oxygen atoms in total. The van der Waals surface area contributed by atoms with Crippen molar-refractivity contribution in [2.75, 3.05) is 9.80 Å². The molecule has 8 aliphatic rings. The van der Waals surface area contributed by atoms with E-state index in [0.717, 1.165) is 51.2 Å². The van der Waals surface area contributed by atoms with E-state index in [9.17, 15) is 0 Å². The van der Waals surface area contributed by atoms with Gasteiger partial charge in [-0.15, -0.1) is 0 Å². The lowest BCUT2D eigenvalue weighted by Gasteiger charge is -2.42. The van der Waals surface area contributed by atoms with Gasteiger partial charge in [0.15, 0.2) is 5.58 Å². The minimum absolute atomic E-state index is 0.0156. The molecule has 18 aromatic rings. The highest BCUT2D eigenvalue weighted by Gasteiger charge is 2.55. The summed E-state index contributed by atoms with van der Waals surface area (Å²) in [5, 5.41) is 4.99. The van der Waals surface area contributed by atoms with E-state index in [4.69, 9.17) is 4.42 Å². The van der Waals surface area contributed by atoms with Gasteiger partial charge in [0, 0.05) is 117 Å². The van der Waals surface area contributed by atoms with Crippen molar-refractivity contribution in [2.45, 2.75) is 83.9 Å². The Kier molecular flexibility index (Phi) is 11.6. The Bertz CT molecular complexity index is 7380. The van der Waals surface area contributed by atoms with Gasteiger partial charge in [-0.2, -0.15) is 0 Å². The largest absolute Gasteiger partial charge is 0.454 e. The number of aryl methyl sites for hydroxylation is 2. The first kappa shape index (κ1) is 61.9. The van der Waals surface area contributed by atoms with Gasteiger partial charge >= 0.3 is 0 Å². The SMILES string of the molecule is Cc1cc2c3c(c1)-n1c4c(c5c(N(c6ccccc6)c6ccccc6)ccc(c51)B3c1cccc3c5c(n-2c13)-c1ccccc1C5(C)C)C(C)(C)c1ccc(-c2ccc(N(C3=CCC5B6c7c(cc(C)cc7-n7c8c6cccc8c6oc8ccccc8c67)-n6c7c(c3c65)C(C)(C)c3ccccc3-7)c3ccccc3)cc2)cc1-4. The molecule has 5 aromatic heterocycles. The molecule has 0 N–H and O–H groups in total. The van der Waals surface area contributed by atoms with Gasteiger partial charge in [0.2, 0.25) is 6.71 Å². The number of anilines is 5. The second-order valence-corrected chi connectivity index (χ2v) is 34.7. The Hall–Kier alpha value is -13.0. The van der Waals surface area contributed by atoms with Crippen LogP contribution < -0.4 is 37.1 Å². The minimum Gasteiger partial charge on any atom is -0.454 e. The molecule has 9 heteroatoms. The Balaban J connectivity index is 0.671. The first-order valence-electron chi connectivity index (χ1n) is 40.1. The number of aromatic nitrogens is 4. The number of rotatable bonds is 7. The molecule has 26 rings (SSSR count). The maximum Gasteiger partial charge on any atom is 0.252 e. The summed E-state index contributed by atoms with van der Waals surface area (Å²) in [6.45, 7) is 19.6. The molecule has 4 aliphatic carbocycles. The van der Waals surface area contributed by atoms with E-state index < -0.39 is 5.41 Å². The van der Waals surface area contributed by atoms with Crippen LogP contribution in [0.25, 0.3) is 128 Å². The number of allylic oxidation sites excluding steroid dienone is 1. The Labute approximate surface area is 650 Å². The summed E-state index contributed by atoms with van der Waals surface area (Å²) >= 11 is 0. The van der Waals surface area contributed by atoms with Crippen LogP contribution in [0.3, 0.4) is 0 Å². The van der Waals surface area contributed by atoms with Crippen LogP contribution in [-0.4, -0.2) is 31.7 Å². The van der Waals surface area contributed by atoms with E-state index in [2.05, 4.69) is 369 Å². The van der Waals surface area contributed by atoms with Crippen LogP contribution in [0.5, 0.6) is 0 Å². The third-order valence-corrected chi connectivity index (χ3v) is 27.9. The average molecular weight is 1430 g/mol. The van der Waals surface area contributed by atoms with Crippen molar-refractivity contribution < 1.29 is 4.42 Å². The molecule has 0 saturated carbocycles.